The summed E-state index contributed by atoms with van der Waals surface area (Å²) in [6.45, 7) is 3.77. The lowest BCUT2D eigenvalue weighted by Gasteiger charge is -2.29. The molecule has 1 aliphatic rings. The molecule has 0 saturated heterocycles. The largest absolute Gasteiger partial charge is 0.496 e. The second kappa shape index (κ2) is 6.13. The normalized spacial score (nSPS) is 17.9. The van der Waals surface area contributed by atoms with E-state index in [1.165, 1.54) is 7.11 Å². The summed E-state index contributed by atoms with van der Waals surface area (Å²) >= 11 is 5.18. The Hall–Kier alpha value is -2.08. The molecule has 112 valence electrons. The minimum absolute atomic E-state index is 0.360. The van der Waals surface area contributed by atoms with Gasteiger partial charge in [-0.3, -0.25) is 0 Å². The van der Waals surface area contributed by atoms with Gasteiger partial charge in [0.1, 0.15) is 5.75 Å². The number of nitrogens with one attached hydrogen (secondary N) is 2. The minimum atomic E-state index is -0.389. The molecule has 0 saturated carbocycles. The van der Waals surface area contributed by atoms with Crippen LogP contribution in [0.3, 0.4) is 0 Å². The third-order valence-corrected chi connectivity index (χ3v) is 3.66. The molecule has 0 fully saturated rings. The first-order valence-electron chi connectivity index (χ1n) is 6.49. The second-order valence-corrected chi connectivity index (χ2v) is 5.20. The van der Waals surface area contributed by atoms with Crippen molar-refractivity contribution in [2.45, 2.75) is 19.9 Å². The maximum Gasteiger partial charge on any atom is 0.337 e. The van der Waals surface area contributed by atoms with Gasteiger partial charge in [0.2, 0.25) is 0 Å². The number of rotatable bonds is 3. The first-order chi connectivity index (χ1) is 9.97. The van der Waals surface area contributed by atoms with Crippen molar-refractivity contribution in [2.24, 2.45) is 0 Å². The summed E-state index contributed by atoms with van der Waals surface area (Å²) in [6.07, 6.45) is 0. The number of aryl methyl sites for hydroxylation is 1. The van der Waals surface area contributed by atoms with Crippen molar-refractivity contribution in [2.75, 3.05) is 14.2 Å². The third kappa shape index (κ3) is 3.00. The number of hydrogen-bond donors (Lipinski definition) is 2. The quantitative estimate of drug-likeness (QED) is 0.658. The highest BCUT2D eigenvalue weighted by molar-refractivity contribution is 7.80. The summed E-state index contributed by atoms with van der Waals surface area (Å²) < 4.78 is 10.2. The van der Waals surface area contributed by atoms with Gasteiger partial charge in [0.15, 0.2) is 5.11 Å². The molecule has 1 aromatic rings. The summed E-state index contributed by atoms with van der Waals surface area (Å²) in [5.41, 5.74) is 3.12. The monoisotopic (exact) mass is 306 g/mol. The van der Waals surface area contributed by atoms with Gasteiger partial charge in [-0.15, -0.1) is 0 Å². The molecule has 5 nitrogen and oxygen atoms in total. The molecule has 0 bridgehead atoms. The Balaban J connectivity index is 2.51. The van der Waals surface area contributed by atoms with Crippen molar-refractivity contribution in [3.63, 3.8) is 0 Å². The van der Waals surface area contributed by atoms with Crippen molar-refractivity contribution < 1.29 is 14.3 Å². The van der Waals surface area contributed by atoms with Gasteiger partial charge in [-0.2, -0.15) is 0 Å². The highest BCUT2D eigenvalue weighted by Gasteiger charge is 2.30. The Labute approximate surface area is 129 Å². The summed E-state index contributed by atoms with van der Waals surface area (Å²) in [7, 11) is 2.98. The Morgan fingerprint density at radius 2 is 2.00 bits per heavy atom. The van der Waals surface area contributed by atoms with Crippen LogP contribution in [-0.2, 0) is 9.53 Å². The Bertz CT molecular complexity index is 625. The summed E-state index contributed by atoms with van der Waals surface area (Å²) in [6, 6.07) is 5.43. The lowest BCUT2D eigenvalue weighted by atomic mass is 9.94. The number of carbonyl (C=O) groups is 1. The Morgan fingerprint density at radius 3 is 2.62 bits per heavy atom. The first kappa shape index (κ1) is 15.3. The van der Waals surface area contributed by atoms with Crippen molar-refractivity contribution in [1.29, 1.82) is 0 Å². The molecule has 21 heavy (non-hydrogen) atoms. The van der Waals surface area contributed by atoms with Gasteiger partial charge < -0.3 is 20.1 Å². The number of carbonyl (C=O) groups excluding carboxylic acids is 1. The van der Waals surface area contributed by atoms with Gasteiger partial charge >= 0.3 is 5.97 Å². The van der Waals surface area contributed by atoms with Gasteiger partial charge in [0, 0.05) is 5.70 Å². The molecular weight excluding hydrogens is 288 g/mol. The molecular formula is C15H18N2O3S. The van der Waals surface area contributed by atoms with E-state index in [1.54, 1.807) is 14.0 Å². The molecule has 2 N–H and O–H groups in total. The van der Waals surface area contributed by atoms with E-state index in [0.29, 0.717) is 16.4 Å². The number of ether oxygens (including phenoxy) is 2. The molecule has 2 rings (SSSR count). The van der Waals surface area contributed by atoms with Gasteiger partial charge in [-0.25, -0.2) is 4.79 Å². The maximum atomic E-state index is 12.1. The molecule has 1 aromatic carbocycles. The fraction of sp³-hybridized carbons (Fsp3) is 0.333. The fourth-order valence-corrected chi connectivity index (χ4v) is 2.61. The van der Waals surface area contributed by atoms with Gasteiger partial charge in [-0.1, -0.05) is 12.1 Å². The zero-order valence-corrected chi connectivity index (χ0v) is 13.3. The van der Waals surface area contributed by atoms with E-state index in [1.807, 2.05) is 25.1 Å². The van der Waals surface area contributed by atoms with E-state index < -0.39 is 0 Å². The molecule has 1 aliphatic heterocycles. The lowest BCUT2D eigenvalue weighted by Crippen LogP contribution is -2.45. The third-order valence-electron chi connectivity index (χ3n) is 3.44. The van der Waals surface area contributed by atoms with Crippen LogP contribution in [0.5, 0.6) is 5.75 Å². The number of esters is 1. The minimum Gasteiger partial charge on any atom is -0.496 e. The molecule has 0 aromatic heterocycles. The van der Waals surface area contributed by atoms with Crippen LogP contribution >= 0.6 is 12.2 Å². The Kier molecular flexibility index (Phi) is 4.47. The van der Waals surface area contributed by atoms with Crippen LogP contribution in [0.4, 0.5) is 0 Å². The number of allylic oxidation sites excluding steroid dienone is 1. The van der Waals surface area contributed by atoms with Gasteiger partial charge in [0.05, 0.1) is 25.8 Å². The van der Waals surface area contributed by atoms with E-state index in [-0.39, 0.29) is 12.0 Å². The standard InChI is InChI=1S/C15H18N2O3S/c1-8-5-6-10(7-11(8)19-3)13-12(14(18)20-4)9(2)16-15(21)17-13/h5-7,13H,1-4H3,(H2,16,17,21)/t13-/m0/s1. The zero-order valence-electron chi connectivity index (χ0n) is 12.4. The topological polar surface area (TPSA) is 59.6 Å². The van der Waals surface area contributed by atoms with E-state index in [9.17, 15) is 4.79 Å². The van der Waals surface area contributed by atoms with Crippen molar-refractivity contribution in [3.05, 3.63) is 40.6 Å². The van der Waals surface area contributed by atoms with Crippen LogP contribution in [-0.4, -0.2) is 25.3 Å². The molecule has 0 amide bonds. The summed E-state index contributed by atoms with van der Waals surface area (Å²) in [4.78, 5) is 12.1. The highest BCUT2D eigenvalue weighted by atomic mass is 32.1. The van der Waals surface area contributed by atoms with Crippen molar-refractivity contribution >= 4 is 23.3 Å². The molecule has 1 atom stereocenters. The Morgan fingerprint density at radius 1 is 1.29 bits per heavy atom. The second-order valence-electron chi connectivity index (χ2n) is 4.79. The number of methoxy groups -OCH3 is 2. The van der Waals surface area contributed by atoms with E-state index in [4.69, 9.17) is 21.7 Å². The number of thiocarbonyl (C=S) groups is 1. The van der Waals surface area contributed by atoms with Gasteiger partial charge in [-0.05, 0) is 43.3 Å². The summed E-state index contributed by atoms with van der Waals surface area (Å²) in [5, 5.41) is 6.53. The van der Waals surface area contributed by atoms with Gasteiger partial charge in [0.25, 0.3) is 0 Å². The lowest BCUT2D eigenvalue weighted by molar-refractivity contribution is -0.136. The molecule has 0 aliphatic carbocycles. The molecule has 0 spiro atoms. The van der Waals surface area contributed by atoms with Crippen molar-refractivity contribution in [3.8, 4) is 5.75 Å². The van der Waals surface area contributed by atoms with Crippen molar-refractivity contribution in [1.82, 2.24) is 10.6 Å². The summed E-state index contributed by atoms with van der Waals surface area (Å²) in [5.74, 6) is 0.375. The SMILES string of the molecule is COC(=O)C1=C(C)NC(=S)N[C@H]1c1ccc(C)c(OC)c1. The van der Waals surface area contributed by atoms with E-state index in [2.05, 4.69) is 10.6 Å². The highest BCUT2D eigenvalue weighted by Crippen LogP contribution is 2.30. The van der Waals surface area contributed by atoms with Crippen LogP contribution in [0.25, 0.3) is 0 Å². The van der Waals surface area contributed by atoms with Crippen LogP contribution in [0, 0.1) is 6.92 Å². The molecule has 6 heteroatoms. The van der Waals surface area contributed by atoms with Crippen LogP contribution in [0.2, 0.25) is 0 Å². The van der Waals surface area contributed by atoms with E-state index in [0.717, 1.165) is 16.9 Å². The predicted octanol–water partition coefficient (Wildman–Crippen LogP) is 1.97. The zero-order chi connectivity index (χ0) is 15.6. The smallest absolute Gasteiger partial charge is 0.337 e. The fourth-order valence-electron chi connectivity index (χ4n) is 2.34. The number of hydrogen-bond acceptors (Lipinski definition) is 4. The average Bonchev–Trinajstić information content (AvgIpc) is 2.46. The number of benzene rings is 1. The maximum absolute atomic E-state index is 12.1. The van der Waals surface area contributed by atoms with Crippen LogP contribution < -0.4 is 15.4 Å². The van der Waals surface area contributed by atoms with E-state index >= 15 is 0 Å². The first-order valence-corrected chi connectivity index (χ1v) is 6.90. The molecule has 1 heterocycles. The molecule has 0 unspecified atom stereocenters. The van der Waals surface area contributed by atoms with Crippen LogP contribution in [0.1, 0.15) is 24.1 Å². The van der Waals surface area contributed by atoms with Crippen LogP contribution in [0.15, 0.2) is 29.5 Å². The molecule has 0 radical (unpaired) electrons. The average molecular weight is 306 g/mol. The predicted molar refractivity (Wildman–Crippen MR) is 84.1 cm³/mol.